The van der Waals surface area contributed by atoms with Crippen LogP contribution in [0, 0.1) is 5.92 Å². The maximum atomic E-state index is 12.1. The van der Waals surface area contributed by atoms with Crippen molar-refractivity contribution in [1.29, 1.82) is 0 Å². The minimum Gasteiger partial charge on any atom is -0.355 e. The smallest absolute Gasteiger partial charge is 0.258 e. The lowest BCUT2D eigenvalue weighted by atomic mass is 9.89. The van der Waals surface area contributed by atoms with E-state index in [0.717, 1.165) is 6.54 Å². The van der Waals surface area contributed by atoms with Crippen molar-refractivity contribution in [2.45, 2.75) is 38.5 Å². The van der Waals surface area contributed by atoms with Gasteiger partial charge in [-0.1, -0.05) is 19.3 Å². The quantitative estimate of drug-likeness (QED) is 0.722. The van der Waals surface area contributed by atoms with Gasteiger partial charge in [-0.3, -0.25) is 19.7 Å². The van der Waals surface area contributed by atoms with Crippen LogP contribution >= 0.6 is 11.3 Å². The summed E-state index contributed by atoms with van der Waals surface area (Å²) in [5.74, 6) is 0.193. The zero-order valence-corrected chi connectivity index (χ0v) is 15.2. The SMILES string of the molecule is O=C(Cc1csc(NC(=O)c2ccc(=O)[nH]c2)n1)NCC1CCCCC1. The number of anilines is 1. The molecule has 2 heterocycles. The van der Waals surface area contributed by atoms with Crippen LogP contribution in [0.15, 0.2) is 28.5 Å². The summed E-state index contributed by atoms with van der Waals surface area (Å²) in [6.07, 6.45) is 7.76. The van der Waals surface area contributed by atoms with Crippen LogP contribution < -0.4 is 16.2 Å². The normalized spacial score (nSPS) is 14.8. The van der Waals surface area contributed by atoms with E-state index in [9.17, 15) is 14.4 Å². The van der Waals surface area contributed by atoms with Gasteiger partial charge in [0.05, 0.1) is 17.7 Å². The highest BCUT2D eigenvalue weighted by molar-refractivity contribution is 7.14. The first-order valence-electron chi connectivity index (χ1n) is 8.81. The van der Waals surface area contributed by atoms with Crippen molar-refractivity contribution in [1.82, 2.24) is 15.3 Å². The van der Waals surface area contributed by atoms with Crippen molar-refractivity contribution in [2.75, 3.05) is 11.9 Å². The number of H-pyrrole nitrogens is 1. The van der Waals surface area contributed by atoms with E-state index in [0.29, 0.717) is 22.3 Å². The molecule has 0 spiro atoms. The lowest BCUT2D eigenvalue weighted by molar-refractivity contribution is -0.120. The summed E-state index contributed by atoms with van der Waals surface area (Å²) in [5.41, 5.74) is 0.705. The molecule has 8 heteroatoms. The van der Waals surface area contributed by atoms with E-state index >= 15 is 0 Å². The van der Waals surface area contributed by atoms with Gasteiger partial charge in [-0.25, -0.2) is 4.98 Å². The summed E-state index contributed by atoms with van der Waals surface area (Å²) in [7, 11) is 0. The van der Waals surface area contributed by atoms with E-state index in [2.05, 4.69) is 20.6 Å². The minimum absolute atomic E-state index is 0.0422. The third-order valence-corrected chi connectivity index (χ3v) is 5.28. The Morgan fingerprint density at radius 2 is 2.04 bits per heavy atom. The molecule has 138 valence electrons. The van der Waals surface area contributed by atoms with Crippen molar-refractivity contribution >= 4 is 28.3 Å². The second kappa shape index (κ2) is 8.75. The van der Waals surface area contributed by atoms with Gasteiger partial charge in [0.25, 0.3) is 5.91 Å². The predicted octanol–water partition coefficient (Wildman–Crippen LogP) is 2.32. The summed E-state index contributed by atoms with van der Waals surface area (Å²) in [6, 6.07) is 2.74. The zero-order chi connectivity index (χ0) is 18.4. The maximum Gasteiger partial charge on any atom is 0.258 e. The number of aromatic nitrogens is 2. The van der Waals surface area contributed by atoms with E-state index < -0.39 is 0 Å². The van der Waals surface area contributed by atoms with Crippen LogP contribution in [0.2, 0.25) is 0 Å². The van der Waals surface area contributed by atoms with Gasteiger partial charge in [-0.15, -0.1) is 11.3 Å². The fourth-order valence-electron chi connectivity index (χ4n) is 3.04. The van der Waals surface area contributed by atoms with Gasteiger partial charge in [0.2, 0.25) is 11.5 Å². The molecule has 3 N–H and O–H groups in total. The number of nitrogens with one attached hydrogen (secondary N) is 3. The van der Waals surface area contributed by atoms with Crippen LogP contribution in [-0.4, -0.2) is 28.3 Å². The molecule has 0 radical (unpaired) electrons. The van der Waals surface area contributed by atoms with E-state index in [1.54, 1.807) is 5.38 Å². The highest BCUT2D eigenvalue weighted by atomic mass is 32.1. The number of carbonyl (C=O) groups excluding carboxylic acids is 2. The van der Waals surface area contributed by atoms with Gasteiger partial charge in [-0.2, -0.15) is 0 Å². The van der Waals surface area contributed by atoms with Crippen LogP contribution in [0.4, 0.5) is 5.13 Å². The van der Waals surface area contributed by atoms with Gasteiger partial charge in [0, 0.05) is 24.2 Å². The number of pyridine rings is 1. The summed E-state index contributed by atoms with van der Waals surface area (Å²) in [5, 5.41) is 7.85. The molecule has 1 fully saturated rings. The van der Waals surface area contributed by atoms with Gasteiger partial charge in [0.15, 0.2) is 5.13 Å². The van der Waals surface area contributed by atoms with Crippen LogP contribution in [-0.2, 0) is 11.2 Å². The maximum absolute atomic E-state index is 12.1. The second-order valence-corrected chi connectivity index (χ2v) is 7.38. The standard InChI is InChI=1S/C18H22N4O3S/c23-15-7-6-13(10-20-15)17(25)22-18-21-14(11-26-18)8-16(24)19-9-12-4-2-1-3-5-12/h6-7,10-12H,1-5,8-9H2,(H,19,24)(H,20,23)(H,21,22,25). The fraction of sp³-hybridized carbons (Fsp3) is 0.444. The molecule has 0 saturated heterocycles. The number of hydrogen-bond donors (Lipinski definition) is 3. The molecular formula is C18H22N4O3S. The molecule has 1 saturated carbocycles. The minimum atomic E-state index is -0.357. The third kappa shape index (κ3) is 5.26. The highest BCUT2D eigenvalue weighted by Gasteiger charge is 2.15. The summed E-state index contributed by atoms with van der Waals surface area (Å²) < 4.78 is 0. The second-order valence-electron chi connectivity index (χ2n) is 6.52. The van der Waals surface area contributed by atoms with Crippen molar-refractivity contribution in [2.24, 2.45) is 5.92 Å². The summed E-state index contributed by atoms with van der Waals surface area (Å²) in [4.78, 5) is 41.9. The average Bonchev–Trinajstić information content (AvgIpc) is 3.08. The Kier molecular flexibility index (Phi) is 6.17. The molecule has 7 nitrogen and oxygen atoms in total. The Hall–Kier alpha value is -2.48. The molecule has 26 heavy (non-hydrogen) atoms. The van der Waals surface area contributed by atoms with Gasteiger partial charge in [0.1, 0.15) is 0 Å². The predicted molar refractivity (Wildman–Crippen MR) is 100 cm³/mol. The average molecular weight is 374 g/mol. The monoisotopic (exact) mass is 374 g/mol. The number of rotatable bonds is 6. The summed E-state index contributed by atoms with van der Waals surface area (Å²) in [6.45, 7) is 0.735. The van der Waals surface area contributed by atoms with Crippen molar-refractivity contribution in [3.63, 3.8) is 0 Å². The molecule has 2 aromatic heterocycles. The van der Waals surface area contributed by atoms with Crippen LogP contribution in [0.3, 0.4) is 0 Å². The number of thiazole rings is 1. The molecule has 2 amide bonds. The first-order valence-corrected chi connectivity index (χ1v) is 9.69. The molecule has 3 rings (SSSR count). The number of nitrogens with zero attached hydrogens (tertiary/aromatic N) is 1. The van der Waals surface area contributed by atoms with Crippen LogP contribution in [0.5, 0.6) is 0 Å². The Balaban J connectivity index is 1.47. The molecule has 1 aliphatic rings. The van der Waals surface area contributed by atoms with Gasteiger partial charge < -0.3 is 10.3 Å². The van der Waals surface area contributed by atoms with Crippen LogP contribution in [0.1, 0.15) is 48.2 Å². The molecule has 0 aliphatic heterocycles. The fourth-order valence-corrected chi connectivity index (χ4v) is 3.75. The number of carbonyl (C=O) groups is 2. The molecule has 0 atom stereocenters. The first-order chi connectivity index (χ1) is 12.6. The van der Waals surface area contributed by atoms with Gasteiger partial charge >= 0.3 is 0 Å². The molecule has 0 unspecified atom stereocenters. The van der Waals surface area contributed by atoms with Crippen molar-refractivity contribution < 1.29 is 9.59 Å². The van der Waals surface area contributed by atoms with E-state index in [1.807, 2.05) is 0 Å². The van der Waals surface area contributed by atoms with E-state index in [1.165, 1.54) is 61.8 Å². The first kappa shape index (κ1) is 18.3. The highest BCUT2D eigenvalue weighted by Crippen LogP contribution is 2.22. The van der Waals surface area contributed by atoms with Gasteiger partial charge in [-0.05, 0) is 24.8 Å². The Morgan fingerprint density at radius 1 is 1.23 bits per heavy atom. The molecule has 0 bridgehead atoms. The largest absolute Gasteiger partial charge is 0.355 e. The number of amides is 2. The Morgan fingerprint density at radius 3 is 2.77 bits per heavy atom. The lowest BCUT2D eigenvalue weighted by Gasteiger charge is -2.21. The van der Waals surface area contributed by atoms with E-state index in [-0.39, 0.29) is 23.8 Å². The van der Waals surface area contributed by atoms with Crippen LogP contribution in [0.25, 0.3) is 0 Å². The Bertz CT molecular complexity index is 803. The summed E-state index contributed by atoms with van der Waals surface area (Å²) >= 11 is 1.27. The third-order valence-electron chi connectivity index (χ3n) is 4.47. The molecule has 0 aromatic carbocycles. The van der Waals surface area contributed by atoms with Crippen molar-refractivity contribution in [3.05, 3.63) is 45.3 Å². The number of aromatic amines is 1. The topological polar surface area (TPSA) is 104 Å². The number of hydrogen-bond acceptors (Lipinski definition) is 5. The molecule has 1 aliphatic carbocycles. The Labute approximate surface area is 155 Å². The molecular weight excluding hydrogens is 352 g/mol. The zero-order valence-electron chi connectivity index (χ0n) is 14.4. The van der Waals surface area contributed by atoms with Crippen molar-refractivity contribution in [3.8, 4) is 0 Å². The lowest BCUT2D eigenvalue weighted by Crippen LogP contribution is -2.31. The molecule has 2 aromatic rings. The van der Waals surface area contributed by atoms with E-state index in [4.69, 9.17) is 0 Å².